The summed E-state index contributed by atoms with van der Waals surface area (Å²) >= 11 is 4.03. The number of ether oxygens (including phenoxy) is 1. The fourth-order valence-electron chi connectivity index (χ4n) is 1.31. The van der Waals surface area contributed by atoms with E-state index in [1.807, 2.05) is 0 Å². The number of nitrogens with zero attached hydrogens (tertiary/aromatic N) is 1. The Morgan fingerprint density at radius 2 is 2.12 bits per heavy atom. The third-order valence-electron chi connectivity index (χ3n) is 2.11. The SMILES string of the molecule is COCCN(CCO)C(=O)C(CS)NC(C)=O. The highest BCUT2D eigenvalue weighted by atomic mass is 32.1. The van der Waals surface area contributed by atoms with Gasteiger partial charge < -0.3 is 20.1 Å². The minimum absolute atomic E-state index is 0.130. The molecule has 0 aromatic carbocycles. The molecule has 17 heavy (non-hydrogen) atoms. The molecule has 0 aliphatic carbocycles. The van der Waals surface area contributed by atoms with Crippen LogP contribution in [0.5, 0.6) is 0 Å². The Balaban J connectivity index is 4.48. The molecule has 2 N–H and O–H groups in total. The molecule has 0 bridgehead atoms. The molecule has 0 aromatic heterocycles. The van der Waals surface area contributed by atoms with Crippen LogP contribution in [-0.4, -0.2) is 67.0 Å². The van der Waals surface area contributed by atoms with Crippen molar-refractivity contribution in [3.8, 4) is 0 Å². The summed E-state index contributed by atoms with van der Waals surface area (Å²) in [6.45, 7) is 2.18. The maximum absolute atomic E-state index is 12.0. The maximum atomic E-state index is 12.0. The number of amides is 2. The highest BCUT2D eigenvalue weighted by molar-refractivity contribution is 7.80. The lowest BCUT2D eigenvalue weighted by atomic mass is 10.2. The number of rotatable bonds is 8. The molecule has 1 unspecified atom stereocenters. The molecule has 0 rings (SSSR count). The van der Waals surface area contributed by atoms with E-state index in [1.54, 1.807) is 0 Å². The first-order valence-electron chi connectivity index (χ1n) is 5.33. The molecule has 0 aliphatic heterocycles. The van der Waals surface area contributed by atoms with Crippen LogP contribution in [0.3, 0.4) is 0 Å². The van der Waals surface area contributed by atoms with E-state index in [2.05, 4.69) is 17.9 Å². The van der Waals surface area contributed by atoms with Crippen LogP contribution in [0.1, 0.15) is 6.92 Å². The molecule has 2 amide bonds. The Morgan fingerprint density at radius 3 is 2.53 bits per heavy atom. The van der Waals surface area contributed by atoms with Gasteiger partial charge in [0.05, 0.1) is 13.2 Å². The van der Waals surface area contributed by atoms with E-state index in [0.717, 1.165) is 0 Å². The number of hydrogen-bond donors (Lipinski definition) is 3. The van der Waals surface area contributed by atoms with Gasteiger partial charge in [0, 0.05) is 32.9 Å². The predicted molar refractivity (Wildman–Crippen MR) is 67.0 cm³/mol. The van der Waals surface area contributed by atoms with E-state index in [1.165, 1.54) is 18.9 Å². The third-order valence-corrected chi connectivity index (χ3v) is 2.47. The largest absolute Gasteiger partial charge is 0.395 e. The van der Waals surface area contributed by atoms with E-state index in [4.69, 9.17) is 9.84 Å². The monoisotopic (exact) mass is 264 g/mol. The molecule has 0 aliphatic rings. The Labute approximate surface area is 107 Å². The summed E-state index contributed by atoms with van der Waals surface area (Å²) in [7, 11) is 1.53. The summed E-state index contributed by atoms with van der Waals surface area (Å²) in [5, 5.41) is 11.4. The van der Waals surface area contributed by atoms with Crippen LogP contribution in [-0.2, 0) is 14.3 Å². The Hall–Kier alpha value is -0.790. The van der Waals surface area contributed by atoms with Crippen LogP contribution in [0, 0.1) is 0 Å². The van der Waals surface area contributed by atoms with Gasteiger partial charge in [-0.25, -0.2) is 0 Å². The molecule has 0 spiro atoms. The maximum Gasteiger partial charge on any atom is 0.246 e. The zero-order chi connectivity index (χ0) is 13.3. The van der Waals surface area contributed by atoms with Crippen LogP contribution in [0.2, 0.25) is 0 Å². The molecular formula is C10H20N2O4S. The number of thiol groups is 1. The number of carbonyl (C=O) groups is 2. The number of aliphatic hydroxyl groups is 1. The minimum atomic E-state index is -0.667. The Bertz CT molecular complexity index is 250. The first-order valence-corrected chi connectivity index (χ1v) is 5.96. The molecule has 7 heteroatoms. The highest BCUT2D eigenvalue weighted by Gasteiger charge is 2.23. The van der Waals surface area contributed by atoms with Gasteiger partial charge in [-0.1, -0.05) is 0 Å². The minimum Gasteiger partial charge on any atom is -0.395 e. The Morgan fingerprint density at radius 1 is 1.47 bits per heavy atom. The third kappa shape index (κ3) is 6.50. The molecule has 100 valence electrons. The molecule has 0 saturated heterocycles. The zero-order valence-electron chi connectivity index (χ0n) is 10.2. The van der Waals surface area contributed by atoms with Gasteiger partial charge in [0.2, 0.25) is 11.8 Å². The average molecular weight is 264 g/mol. The predicted octanol–water partition coefficient (Wildman–Crippen LogP) is -1.11. The fraction of sp³-hybridized carbons (Fsp3) is 0.800. The zero-order valence-corrected chi connectivity index (χ0v) is 11.1. The van der Waals surface area contributed by atoms with Crippen molar-refractivity contribution in [2.45, 2.75) is 13.0 Å². The van der Waals surface area contributed by atoms with Gasteiger partial charge in [-0.05, 0) is 0 Å². The van der Waals surface area contributed by atoms with Gasteiger partial charge >= 0.3 is 0 Å². The Kier molecular flexibility index (Phi) is 8.83. The van der Waals surface area contributed by atoms with Crippen molar-refractivity contribution in [3.63, 3.8) is 0 Å². The van der Waals surface area contributed by atoms with Gasteiger partial charge in [0.25, 0.3) is 0 Å². The van der Waals surface area contributed by atoms with Gasteiger partial charge in [-0.2, -0.15) is 12.6 Å². The number of nitrogens with one attached hydrogen (secondary N) is 1. The van der Waals surface area contributed by atoms with Crippen LogP contribution < -0.4 is 5.32 Å². The molecule has 6 nitrogen and oxygen atoms in total. The lowest BCUT2D eigenvalue weighted by molar-refractivity contribution is -0.136. The molecule has 0 fully saturated rings. The molecular weight excluding hydrogens is 244 g/mol. The highest BCUT2D eigenvalue weighted by Crippen LogP contribution is 1.98. The van der Waals surface area contributed by atoms with E-state index >= 15 is 0 Å². The summed E-state index contributed by atoms with van der Waals surface area (Å²) in [5.41, 5.74) is 0. The average Bonchev–Trinajstić information content (AvgIpc) is 2.30. The second-order valence-electron chi connectivity index (χ2n) is 3.48. The van der Waals surface area contributed by atoms with Gasteiger partial charge in [0.15, 0.2) is 0 Å². The normalized spacial score (nSPS) is 12.0. The van der Waals surface area contributed by atoms with Crippen molar-refractivity contribution in [1.82, 2.24) is 10.2 Å². The van der Waals surface area contributed by atoms with Crippen LogP contribution >= 0.6 is 12.6 Å². The van der Waals surface area contributed by atoms with Crippen molar-refractivity contribution < 1.29 is 19.4 Å². The first-order chi connectivity index (χ1) is 8.06. The van der Waals surface area contributed by atoms with Crippen molar-refractivity contribution in [2.24, 2.45) is 0 Å². The van der Waals surface area contributed by atoms with Crippen molar-refractivity contribution >= 4 is 24.4 Å². The first kappa shape index (κ1) is 16.2. The number of aliphatic hydroxyl groups excluding tert-OH is 1. The van der Waals surface area contributed by atoms with Crippen LogP contribution in [0.25, 0.3) is 0 Å². The van der Waals surface area contributed by atoms with Gasteiger partial charge in [0.1, 0.15) is 6.04 Å². The second-order valence-corrected chi connectivity index (χ2v) is 3.84. The summed E-state index contributed by atoms with van der Waals surface area (Å²) in [5.74, 6) is -0.331. The lowest BCUT2D eigenvalue weighted by Gasteiger charge is -2.26. The van der Waals surface area contributed by atoms with Crippen LogP contribution in [0.15, 0.2) is 0 Å². The lowest BCUT2D eigenvalue weighted by Crippen LogP contribution is -2.50. The molecule has 0 aromatic rings. The molecule has 0 heterocycles. The van der Waals surface area contributed by atoms with Crippen molar-refractivity contribution in [1.29, 1.82) is 0 Å². The quantitative estimate of drug-likeness (QED) is 0.486. The molecule has 1 atom stereocenters. The second kappa shape index (κ2) is 9.26. The summed E-state index contributed by atoms with van der Waals surface area (Å²) in [6, 6.07) is -0.667. The fourth-order valence-corrected chi connectivity index (χ4v) is 1.55. The molecule has 0 saturated carbocycles. The van der Waals surface area contributed by atoms with E-state index in [0.29, 0.717) is 13.2 Å². The topological polar surface area (TPSA) is 78.9 Å². The van der Waals surface area contributed by atoms with Gasteiger partial charge in [-0.15, -0.1) is 0 Å². The summed E-state index contributed by atoms with van der Waals surface area (Å²) < 4.78 is 4.88. The standard InChI is InChI=1S/C10H20N2O4S/c1-8(14)11-9(7-17)10(15)12(3-5-13)4-6-16-2/h9,13,17H,3-7H2,1-2H3,(H,11,14). The number of methoxy groups -OCH3 is 1. The molecule has 0 radical (unpaired) electrons. The summed E-state index contributed by atoms with van der Waals surface area (Å²) in [4.78, 5) is 24.4. The van der Waals surface area contributed by atoms with E-state index in [9.17, 15) is 9.59 Å². The summed E-state index contributed by atoms with van der Waals surface area (Å²) in [6.07, 6.45) is 0. The van der Waals surface area contributed by atoms with Crippen LogP contribution in [0.4, 0.5) is 0 Å². The number of carbonyl (C=O) groups excluding carboxylic acids is 2. The smallest absolute Gasteiger partial charge is 0.246 e. The number of hydrogen-bond acceptors (Lipinski definition) is 5. The van der Waals surface area contributed by atoms with E-state index < -0.39 is 6.04 Å². The van der Waals surface area contributed by atoms with Crippen molar-refractivity contribution in [3.05, 3.63) is 0 Å². The van der Waals surface area contributed by atoms with Gasteiger partial charge in [-0.3, -0.25) is 9.59 Å². The van der Waals surface area contributed by atoms with E-state index in [-0.39, 0.29) is 30.7 Å². The van der Waals surface area contributed by atoms with Crippen molar-refractivity contribution in [2.75, 3.05) is 39.2 Å².